The van der Waals surface area contributed by atoms with Crippen LogP contribution in [-0.2, 0) is 6.42 Å². The number of hydrogen-bond acceptors (Lipinski definition) is 3. The molecule has 2 saturated carbocycles. The van der Waals surface area contributed by atoms with E-state index in [0.717, 1.165) is 38.5 Å². The summed E-state index contributed by atoms with van der Waals surface area (Å²) in [4.78, 5) is 0. The number of aliphatic hydroxyl groups excluding tert-OH is 1. The average Bonchev–Trinajstić information content (AvgIpc) is 3.08. The second-order valence-electron chi connectivity index (χ2n) is 8.26. The highest BCUT2D eigenvalue weighted by atomic mass is 16.3. The maximum atomic E-state index is 11.2. The number of rotatable bonds is 4. The second-order valence-corrected chi connectivity index (χ2v) is 8.26. The molecule has 23 heavy (non-hydrogen) atoms. The standard InChI is InChI=1S/C20H28O3/c1-13-17-11-19(23,7-2-3-9-21)12-18-16-5-4-15(22)10-14(16)6-8-20(13,17)18/h4-5,10,13,17-18,21-23H,2-3,6-9,11-12H2,1H3/t13?,17?,18-,19-,20-/m1/s1. The number of unbranched alkanes of at least 4 members (excludes halogenated alkanes) is 1. The molecule has 0 amide bonds. The van der Waals surface area contributed by atoms with Crippen LogP contribution in [0.4, 0.5) is 0 Å². The lowest BCUT2D eigenvalue weighted by Gasteiger charge is -2.45. The Morgan fingerprint density at radius 2 is 2.04 bits per heavy atom. The Kier molecular flexibility index (Phi) is 3.51. The summed E-state index contributed by atoms with van der Waals surface area (Å²) in [6, 6.07) is 5.82. The molecule has 3 nitrogen and oxygen atoms in total. The monoisotopic (exact) mass is 316 g/mol. The number of aromatic hydroxyl groups is 1. The summed E-state index contributed by atoms with van der Waals surface area (Å²) in [5, 5.41) is 30.0. The van der Waals surface area contributed by atoms with Crippen LogP contribution in [0.25, 0.3) is 0 Å². The van der Waals surface area contributed by atoms with Gasteiger partial charge >= 0.3 is 0 Å². The molecular formula is C20H28O3. The minimum absolute atomic E-state index is 0.214. The molecule has 2 unspecified atom stereocenters. The van der Waals surface area contributed by atoms with Crippen molar-refractivity contribution in [2.24, 2.45) is 17.3 Å². The second kappa shape index (κ2) is 5.22. The van der Waals surface area contributed by atoms with Gasteiger partial charge in [-0.1, -0.05) is 13.0 Å². The van der Waals surface area contributed by atoms with E-state index in [9.17, 15) is 10.2 Å². The molecular weight excluding hydrogens is 288 g/mol. The topological polar surface area (TPSA) is 60.7 Å². The predicted molar refractivity (Wildman–Crippen MR) is 89.4 cm³/mol. The maximum absolute atomic E-state index is 11.2. The molecule has 3 N–H and O–H groups in total. The van der Waals surface area contributed by atoms with E-state index in [2.05, 4.69) is 13.0 Å². The highest BCUT2D eigenvalue weighted by molar-refractivity contribution is 5.44. The fourth-order valence-corrected chi connectivity index (χ4v) is 6.02. The zero-order valence-corrected chi connectivity index (χ0v) is 14.0. The lowest BCUT2D eigenvalue weighted by Crippen LogP contribution is -2.41. The third kappa shape index (κ3) is 2.24. The van der Waals surface area contributed by atoms with Crippen LogP contribution in [0.15, 0.2) is 18.2 Å². The highest BCUT2D eigenvalue weighted by Gasteiger charge is 2.70. The van der Waals surface area contributed by atoms with Gasteiger partial charge in [-0.25, -0.2) is 0 Å². The van der Waals surface area contributed by atoms with Gasteiger partial charge in [-0.15, -0.1) is 0 Å². The SMILES string of the molecule is CC1C2C[C@](O)(CCCCO)C[C@@H]3c4ccc(O)cc4CC[C@@]123. The molecule has 1 aromatic carbocycles. The van der Waals surface area contributed by atoms with Crippen molar-refractivity contribution in [2.75, 3.05) is 6.61 Å². The van der Waals surface area contributed by atoms with Crippen LogP contribution in [0.2, 0.25) is 0 Å². The van der Waals surface area contributed by atoms with Crippen molar-refractivity contribution >= 4 is 0 Å². The van der Waals surface area contributed by atoms with E-state index in [1.54, 1.807) is 6.07 Å². The van der Waals surface area contributed by atoms with Gasteiger partial charge in [0.2, 0.25) is 0 Å². The molecule has 0 aliphatic heterocycles. The molecule has 0 radical (unpaired) electrons. The van der Waals surface area contributed by atoms with Gasteiger partial charge in [-0.3, -0.25) is 0 Å². The van der Waals surface area contributed by atoms with Crippen molar-refractivity contribution in [3.63, 3.8) is 0 Å². The van der Waals surface area contributed by atoms with Crippen LogP contribution in [0.1, 0.15) is 62.5 Å². The van der Waals surface area contributed by atoms with E-state index >= 15 is 0 Å². The molecule has 0 bridgehead atoms. The summed E-state index contributed by atoms with van der Waals surface area (Å²) >= 11 is 0. The molecule has 0 saturated heterocycles. The average molecular weight is 316 g/mol. The molecule has 3 aliphatic rings. The van der Waals surface area contributed by atoms with Gasteiger partial charge in [0.25, 0.3) is 0 Å². The fourth-order valence-electron chi connectivity index (χ4n) is 6.02. The van der Waals surface area contributed by atoms with Crippen molar-refractivity contribution in [3.05, 3.63) is 29.3 Å². The summed E-state index contributed by atoms with van der Waals surface area (Å²) in [6.07, 6.45) is 6.52. The zero-order valence-electron chi connectivity index (χ0n) is 14.0. The van der Waals surface area contributed by atoms with E-state index in [1.165, 1.54) is 17.5 Å². The molecule has 4 rings (SSSR count). The first-order valence-corrected chi connectivity index (χ1v) is 9.15. The molecule has 0 heterocycles. The number of aliphatic hydroxyl groups is 2. The number of phenolic OH excluding ortho intramolecular Hbond substituents is 1. The first-order chi connectivity index (χ1) is 11.0. The van der Waals surface area contributed by atoms with Crippen molar-refractivity contribution < 1.29 is 15.3 Å². The third-order valence-electron chi connectivity index (χ3n) is 7.24. The molecule has 2 fully saturated rings. The summed E-state index contributed by atoms with van der Waals surface area (Å²) in [7, 11) is 0. The molecule has 0 aromatic heterocycles. The molecule has 126 valence electrons. The minimum atomic E-state index is -0.578. The van der Waals surface area contributed by atoms with Gasteiger partial charge in [-0.05, 0) is 91.4 Å². The third-order valence-corrected chi connectivity index (χ3v) is 7.24. The number of benzene rings is 1. The first-order valence-electron chi connectivity index (χ1n) is 9.15. The molecule has 1 aromatic rings. The van der Waals surface area contributed by atoms with Crippen LogP contribution in [0.5, 0.6) is 5.75 Å². The van der Waals surface area contributed by atoms with Gasteiger partial charge in [0, 0.05) is 6.61 Å². The van der Waals surface area contributed by atoms with Gasteiger partial charge in [0.05, 0.1) is 5.60 Å². The molecule has 5 atom stereocenters. The number of fused-ring (bicyclic) bond motifs is 2. The lowest BCUT2D eigenvalue weighted by molar-refractivity contribution is -0.0337. The summed E-state index contributed by atoms with van der Waals surface area (Å²) in [5.74, 6) is 2.12. The fraction of sp³-hybridized carbons (Fsp3) is 0.700. The van der Waals surface area contributed by atoms with Crippen LogP contribution >= 0.6 is 0 Å². The smallest absolute Gasteiger partial charge is 0.115 e. The van der Waals surface area contributed by atoms with Gasteiger partial charge in [-0.2, -0.15) is 0 Å². The summed E-state index contributed by atoms with van der Waals surface area (Å²) in [5.41, 5.74) is 2.46. The van der Waals surface area contributed by atoms with Gasteiger partial charge in [0.15, 0.2) is 0 Å². The normalized spacial score (nSPS) is 40.9. The Balaban J connectivity index is 1.64. The molecule has 3 heteroatoms. The number of hydrogen-bond donors (Lipinski definition) is 3. The van der Waals surface area contributed by atoms with Gasteiger partial charge < -0.3 is 15.3 Å². The maximum Gasteiger partial charge on any atom is 0.115 e. The quantitative estimate of drug-likeness (QED) is 0.747. The molecule has 1 spiro atoms. The Labute approximate surface area is 138 Å². The van der Waals surface area contributed by atoms with E-state index in [-0.39, 0.29) is 6.61 Å². The predicted octanol–water partition coefficient (Wildman–Crippen LogP) is 3.36. The first kappa shape index (κ1) is 15.5. The van der Waals surface area contributed by atoms with Crippen molar-refractivity contribution in [3.8, 4) is 5.75 Å². The minimum Gasteiger partial charge on any atom is -0.508 e. The zero-order chi connectivity index (χ0) is 16.2. The van der Waals surface area contributed by atoms with Crippen LogP contribution < -0.4 is 0 Å². The number of phenols is 1. The lowest BCUT2D eigenvalue weighted by atomic mass is 9.62. The Morgan fingerprint density at radius 3 is 2.83 bits per heavy atom. The van der Waals surface area contributed by atoms with E-state index in [0.29, 0.717) is 28.9 Å². The Morgan fingerprint density at radius 1 is 1.22 bits per heavy atom. The van der Waals surface area contributed by atoms with Crippen LogP contribution in [0.3, 0.4) is 0 Å². The van der Waals surface area contributed by atoms with Crippen LogP contribution in [0, 0.1) is 17.3 Å². The Hall–Kier alpha value is -1.06. The molecule has 3 aliphatic carbocycles. The van der Waals surface area contributed by atoms with Crippen molar-refractivity contribution in [2.45, 2.75) is 63.4 Å². The summed E-state index contributed by atoms with van der Waals surface area (Å²) < 4.78 is 0. The van der Waals surface area contributed by atoms with Crippen LogP contribution in [-0.4, -0.2) is 27.5 Å². The highest BCUT2D eigenvalue weighted by Crippen LogP contribution is 2.76. The van der Waals surface area contributed by atoms with Gasteiger partial charge in [0.1, 0.15) is 5.75 Å². The van der Waals surface area contributed by atoms with E-state index in [4.69, 9.17) is 5.11 Å². The van der Waals surface area contributed by atoms with E-state index in [1.807, 2.05) is 6.07 Å². The largest absolute Gasteiger partial charge is 0.508 e. The van der Waals surface area contributed by atoms with Crippen molar-refractivity contribution in [1.82, 2.24) is 0 Å². The summed E-state index contributed by atoms with van der Waals surface area (Å²) in [6.45, 7) is 2.58. The van der Waals surface area contributed by atoms with Crippen molar-refractivity contribution in [1.29, 1.82) is 0 Å². The number of aryl methyl sites for hydroxylation is 1. The Bertz CT molecular complexity index is 613. The van der Waals surface area contributed by atoms with E-state index < -0.39 is 5.60 Å².